The van der Waals surface area contributed by atoms with Crippen LogP contribution in [0.15, 0.2) is 0 Å². The zero-order chi connectivity index (χ0) is 12.0. The number of hydrogen-bond acceptors (Lipinski definition) is 1. The van der Waals surface area contributed by atoms with Crippen molar-refractivity contribution in [1.82, 2.24) is 5.32 Å². The second kappa shape index (κ2) is 3.90. The van der Waals surface area contributed by atoms with Gasteiger partial charge in [0.15, 0.2) is 0 Å². The summed E-state index contributed by atoms with van der Waals surface area (Å²) in [7, 11) is 0. The van der Waals surface area contributed by atoms with Gasteiger partial charge in [0.1, 0.15) is 0 Å². The Bertz CT molecular complexity index is 259. The smallest absolute Gasteiger partial charge is 0.310 e. The summed E-state index contributed by atoms with van der Waals surface area (Å²) in [4.78, 5) is 0. The fraction of sp³-hybridized carbons (Fsp3) is 1.00. The van der Waals surface area contributed by atoms with Crippen LogP contribution in [0, 0.1) is 11.3 Å². The van der Waals surface area contributed by atoms with Gasteiger partial charge in [0.25, 0.3) is 0 Å². The molecule has 1 nitrogen and oxygen atoms in total. The molecule has 2 rings (SSSR count). The minimum absolute atomic E-state index is 0.202. The molecule has 0 bridgehead atoms. The summed E-state index contributed by atoms with van der Waals surface area (Å²) in [5, 5.41) is 3.22. The van der Waals surface area contributed by atoms with Gasteiger partial charge in [0.05, 0.1) is 5.92 Å². The van der Waals surface area contributed by atoms with E-state index in [1.807, 2.05) is 0 Å². The first-order valence-corrected chi connectivity index (χ1v) is 6.13. The van der Waals surface area contributed by atoms with Crippen LogP contribution < -0.4 is 5.32 Å². The van der Waals surface area contributed by atoms with E-state index < -0.39 is 12.1 Å². The Morgan fingerprint density at radius 2 is 1.69 bits per heavy atom. The Balaban J connectivity index is 1.95. The summed E-state index contributed by atoms with van der Waals surface area (Å²) in [6, 6.07) is -0.0547. The lowest BCUT2D eigenvalue weighted by atomic mass is 9.84. The lowest BCUT2D eigenvalue weighted by Gasteiger charge is -2.34. The molecular formula is C12H20F3N. The number of alkyl halides is 3. The summed E-state index contributed by atoms with van der Waals surface area (Å²) >= 11 is 0. The van der Waals surface area contributed by atoms with E-state index in [1.165, 1.54) is 0 Å². The van der Waals surface area contributed by atoms with E-state index in [4.69, 9.17) is 0 Å². The van der Waals surface area contributed by atoms with Gasteiger partial charge < -0.3 is 5.32 Å². The molecule has 16 heavy (non-hydrogen) atoms. The van der Waals surface area contributed by atoms with E-state index in [9.17, 15) is 13.2 Å². The molecule has 2 saturated carbocycles. The quantitative estimate of drug-likeness (QED) is 0.772. The predicted molar refractivity (Wildman–Crippen MR) is 57.1 cm³/mol. The van der Waals surface area contributed by atoms with Gasteiger partial charge in [0, 0.05) is 12.1 Å². The molecule has 1 N–H and O–H groups in total. The maximum Gasteiger partial charge on any atom is 0.393 e. The van der Waals surface area contributed by atoms with Crippen molar-refractivity contribution >= 4 is 0 Å². The predicted octanol–water partition coefficient (Wildman–Crippen LogP) is 3.50. The maximum atomic E-state index is 12.8. The van der Waals surface area contributed by atoms with E-state index in [1.54, 1.807) is 0 Å². The van der Waals surface area contributed by atoms with Crippen LogP contribution in [0.3, 0.4) is 0 Å². The van der Waals surface area contributed by atoms with Crippen molar-refractivity contribution in [3.63, 3.8) is 0 Å². The molecule has 0 amide bonds. The van der Waals surface area contributed by atoms with E-state index in [-0.39, 0.29) is 11.5 Å². The minimum Gasteiger partial charge on any atom is -0.310 e. The molecule has 0 aromatic heterocycles. The molecule has 0 radical (unpaired) electrons. The van der Waals surface area contributed by atoms with E-state index >= 15 is 0 Å². The van der Waals surface area contributed by atoms with Gasteiger partial charge in [-0.15, -0.1) is 0 Å². The zero-order valence-electron chi connectivity index (χ0n) is 9.90. The Morgan fingerprint density at radius 3 is 2.19 bits per heavy atom. The monoisotopic (exact) mass is 235 g/mol. The first-order valence-electron chi connectivity index (χ1n) is 6.13. The highest BCUT2D eigenvalue weighted by atomic mass is 19.4. The lowest BCUT2D eigenvalue weighted by Crippen LogP contribution is -2.47. The molecule has 0 aromatic rings. The summed E-state index contributed by atoms with van der Waals surface area (Å²) in [5.41, 5.74) is 0.202. The van der Waals surface area contributed by atoms with Crippen LogP contribution >= 0.6 is 0 Å². The molecule has 3 unspecified atom stereocenters. The third-order valence-corrected chi connectivity index (χ3v) is 4.12. The topological polar surface area (TPSA) is 12.0 Å². The Kier molecular flexibility index (Phi) is 2.97. The normalized spacial score (nSPS) is 38.4. The first kappa shape index (κ1) is 12.2. The van der Waals surface area contributed by atoms with Crippen molar-refractivity contribution in [2.45, 2.75) is 64.2 Å². The Hall–Kier alpha value is -0.250. The van der Waals surface area contributed by atoms with E-state index in [0.29, 0.717) is 18.9 Å². The van der Waals surface area contributed by atoms with Crippen molar-refractivity contribution in [2.75, 3.05) is 0 Å². The summed E-state index contributed by atoms with van der Waals surface area (Å²) in [6.45, 7) is 4.21. The third-order valence-electron chi connectivity index (χ3n) is 4.12. The number of hydrogen-bond donors (Lipinski definition) is 1. The first-order chi connectivity index (χ1) is 7.31. The molecule has 94 valence electrons. The molecule has 0 spiro atoms. The number of rotatable bonds is 2. The number of nitrogens with one attached hydrogen (secondary N) is 1. The van der Waals surface area contributed by atoms with Crippen molar-refractivity contribution in [2.24, 2.45) is 11.3 Å². The van der Waals surface area contributed by atoms with Crippen LogP contribution in [-0.2, 0) is 0 Å². The van der Waals surface area contributed by atoms with Gasteiger partial charge in [-0.3, -0.25) is 0 Å². The van der Waals surface area contributed by atoms with Crippen LogP contribution in [0.25, 0.3) is 0 Å². The van der Waals surface area contributed by atoms with Crippen LogP contribution in [0.1, 0.15) is 46.0 Å². The maximum absolute atomic E-state index is 12.8. The fourth-order valence-electron chi connectivity index (χ4n) is 2.73. The lowest BCUT2D eigenvalue weighted by molar-refractivity contribution is -0.189. The highest BCUT2D eigenvalue weighted by Crippen LogP contribution is 2.47. The largest absolute Gasteiger partial charge is 0.393 e. The molecule has 0 aromatic carbocycles. The summed E-state index contributed by atoms with van der Waals surface area (Å²) in [6.07, 6.45) is -0.399. The molecule has 2 aliphatic rings. The molecule has 2 fully saturated rings. The van der Waals surface area contributed by atoms with Gasteiger partial charge in [-0.05, 0) is 24.7 Å². The van der Waals surface area contributed by atoms with Crippen molar-refractivity contribution in [3.05, 3.63) is 0 Å². The highest BCUT2D eigenvalue weighted by molar-refractivity contribution is 5.04. The van der Waals surface area contributed by atoms with Gasteiger partial charge >= 0.3 is 6.18 Å². The van der Waals surface area contributed by atoms with E-state index in [0.717, 1.165) is 19.3 Å². The van der Waals surface area contributed by atoms with Gasteiger partial charge in [-0.25, -0.2) is 0 Å². The summed E-state index contributed by atoms with van der Waals surface area (Å²) in [5.74, 6) is -1.13. The molecule has 0 heterocycles. The standard InChI is InChI=1S/C12H20F3N/c1-11(2)7-10(11)16-9-6-4-3-5-8(9)12(13,14)15/h8-10,16H,3-7H2,1-2H3. The molecule has 0 aliphatic heterocycles. The molecule has 3 atom stereocenters. The molecular weight excluding hydrogens is 215 g/mol. The summed E-state index contributed by atoms with van der Waals surface area (Å²) < 4.78 is 38.4. The van der Waals surface area contributed by atoms with Gasteiger partial charge in [0.2, 0.25) is 0 Å². The average Bonchev–Trinajstić information content (AvgIpc) is 2.72. The Morgan fingerprint density at radius 1 is 1.12 bits per heavy atom. The van der Waals surface area contributed by atoms with Crippen molar-refractivity contribution in [3.8, 4) is 0 Å². The number of halogens is 3. The second-order valence-corrected chi connectivity index (χ2v) is 5.95. The average molecular weight is 235 g/mol. The minimum atomic E-state index is -4.03. The van der Waals surface area contributed by atoms with Crippen molar-refractivity contribution in [1.29, 1.82) is 0 Å². The zero-order valence-corrected chi connectivity index (χ0v) is 9.90. The van der Waals surface area contributed by atoms with E-state index in [2.05, 4.69) is 19.2 Å². The van der Waals surface area contributed by atoms with Crippen LogP contribution in [0.4, 0.5) is 13.2 Å². The molecule has 2 aliphatic carbocycles. The fourth-order valence-corrected chi connectivity index (χ4v) is 2.73. The van der Waals surface area contributed by atoms with Crippen molar-refractivity contribution < 1.29 is 13.2 Å². The van der Waals surface area contributed by atoms with Crippen LogP contribution in [-0.4, -0.2) is 18.3 Å². The van der Waals surface area contributed by atoms with Gasteiger partial charge in [-0.2, -0.15) is 13.2 Å². The third kappa shape index (κ3) is 2.53. The van der Waals surface area contributed by atoms with Gasteiger partial charge in [-0.1, -0.05) is 26.7 Å². The molecule has 4 heteroatoms. The Labute approximate surface area is 94.8 Å². The van der Waals surface area contributed by atoms with Crippen LogP contribution in [0.2, 0.25) is 0 Å². The SMILES string of the molecule is CC1(C)CC1NC1CCCCC1C(F)(F)F. The molecule has 0 saturated heterocycles. The second-order valence-electron chi connectivity index (χ2n) is 5.95. The highest BCUT2D eigenvalue weighted by Gasteiger charge is 2.51. The van der Waals surface area contributed by atoms with Crippen LogP contribution in [0.5, 0.6) is 0 Å².